The lowest BCUT2D eigenvalue weighted by atomic mass is 10.1. The molecule has 0 rings (SSSR count). The molecule has 0 saturated heterocycles. The van der Waals surface area contributed by atoms with E-state index >= 15 is 0 Å². The third kappa shape index (κ3) is 63.5. The first-order valence-electron chi connectivity index (χ1n) is 31.6. The SMILES string of the molecule is CC/C=C\C/C=C\C/C=C\C/C=C\C/C=C\C/C=C\CCC(=O)OC(COC(=O)CCCCCCCC/C=C\C/C=C\C/C=C\CCCCC)COC(=O)CCCCCCCCC/C=C\C/C=C\C/C=C\C/C=C\C/C=C\CC. The maximum absolute atomic E-state index is 12.9. The minimum atomic E-state index is -0.840. The number of allylic oxidation sites excluding steroid dienone is 28. The van der Waals surface area contributed by atoms with Crippen molar-refractivity contribution >= 4 is 17.9 Å². The van der Waals surface area contributed by atoms with E-state index in [-0.39, 0.29) is 31.6 Å². The fourth-order valence-corrected chi connectivity index (χ4v) is 8.03. The summed E-state index contributed by atoms with van der Waals surface area (Å²) in [6.45, 7) is 6.30. The summed E-state index contributed by atoms with van der Waals surface area (Å²) < 4.78 is 16.8. The Morgan fingerprint density at radius 2 is 0.519 bits per heavy atom. The minimum absolute atomic E-state index is 0.127. The van der Waals surface area contributed by atoms with Crippen LogP contribution in [0.15, 0.2) is 170 Å². The van der Waals surface area contributed by atoms with Crippen LogP contribution in [0.25, 0.3) is 0 Å². The minimum Gasteiger partial charge on any atom is -0.462 e. The Labute approximate surface area is 485 Å². The van der Waals surface area contributed by atoms with E-state index in [4.69, 9.17) is 14.2 Å². The van der Waals surface area contributed by atoms with Crippen molar-refractivity contribution in [1.82, 2.24) is 0 Å². The first kappa shape index (κ1) is 73.8. The molecule has 6 nitrogen and oxygen atoms in total. The smallest absolute Gasteiger partial charge is 0.306 e. The number of esters is 3. The van der Waals surface area contributed by atoms with E-state index in [0.29, 0.717) is 19.3 Å². The van der Waals surface area contributed by atoms with Gasteiger partial charge in [-0.1, -0.05) is 262 Å². The van der Waals surface area contributed by atoms with Crippen molar-refractivity contribution in [2.45, 2.75) is 258 Å². The molecule has 0 N–H and O–H groups in total. The molecular weight excluding hydrogens is 973 g/mol. The van der Waals surface area contributed by atoms with Crippen LogP contribution in [0.4, 0.5) is 0 Å². The van der Waals surface area contributed by atoms with Gasteiger partial charge in [0.1, 0.15) is 13.2 Å². The van der Waals surface area contributed by atoms with Gasteiger partial charge in [0, 0.05) is 19.3 Å². The van der Waals surface area contributed by atoms with E-state index in [1.165, 1.54) is 57.8 Å². The number of hydrogen-bond acceptors (Lipinski definition) is 6. The highest BCUT2D eigenvalue weighted by Crippen LogP contribution is 2.13. The van der Waals surface area contributed by atoms with Gasteiger partial charge in [-0.25, -0.2) is 0 Å². The Morgan fingerprint density at radius 1 is 0.266 bits per heavy atom. The maximum atomic E-state index is 12.9. The zero-order valence-electron chi connectivity index (χ0n) is 50.6. The summed E-state index contributed by atoms with van der Waals surface area (Å²) in [6, 6.07) is 0. The van der Waals surface area contributed by atoms with Crippen LogP contribution >= 0.6 is 0 Å². The summed E-state index contributed by atoms with van der Waals surface area (Å²) in [5.41, 5.74) is 0. The van der Waals surface area contributed by atoms with Gasteiger partial charge in [0.15, 0.2) is 6.10 Å². The Morgan fingerprint density at radius 3 is 0.823 bits per heavy atom. The summed E-state index contributed by atoms with van der Waals surface area (Å²) >= 11 is 0. The zero-order chi connectivity index (χ0) is 57.1. The molecule has 1 atom stereocenters. The molecule has 0 aromatic heterocycles. The maximum Gasteiger partial charge on any atom is 0.306 e. The lowest BCUT2D eigenvalue weighted by molar-refractivity contribution is -0.166. The number of hydrogen-bond donors (Lipinski definition) is 0. The number of carbonyl (C=O) groups is 3. The number of ether oxygens (including phenoxy) is 3. The van der Waals surface area contributed by atoms with Gasteiger partial charge in [0.2, 0.25) is 0 Å². The van der Waals surface area contributed by atoms with Gasteiger partial charge >= 0.3 is 17.9 Å². The molecule has 79 heavy (non-hydrogen) atoms. The molecule has 442 valence electrons. The lowest BCUT2D eigenvalue weighted by Crippen LogP contribution is -2.30. The summed E-state index contributed by atoms with van der Waals surface area (Å²) in [5, 5.41) is 0. The van der Waals surface area contributed by atoms with E-state index in [1.54, 1.807) is 0 Å². The normalized spacial score (nSPS) is 13.3. The number of rotatable bonds is 55. The fourth-order valence-electron chi connectivity index (χ4n) is 8.03. The van der Waals surface area contributed by atoms with Crippen molar-refractivity contribution < 1.29 is 28.6 Å². The summed E-state index contributed by atoms with van der Waals surface area (Å²) in [6.07, 6.45) is 96.4. The Bertz CT molecular complexity index is 1820. The fraction of sp³-hybridized carbons (Fsp3) is 0.575. The summed E-state index contributed by atoms with van der Waals surface area (Å²) in [7, 11) is 0. The van der Waals surface area contributed by atoms with E-state index in [9.17, 15) is 14.4 Å². The number of unbranched alkanes of at least 4 members (excludes halogenated alkanes) is 16. The van der Waals surface area contributed by atoms with Crippen LogP contribution in [0.2, 0.25) is 0 Å². The number of carbonyl (C=O) groups excluding carboxylic acids is 3. The average molecular weight is 1090 g/mol. The molecule has 0 aliphatic carbocycles. The standard InChI is InChI=1S/C73H114O6/c1-4-7-10-13-16-19-22-25-28-31-34-35-36-37-40-42-45-48-51-54-57-60-63-66-72(75)78-69-70(79-73(76)67-64-61-58-55-52-49-46-43-39-33-30-27-24-21-18-15-12-9-6-3)68-77-71(74)65-62-59-56-53-50-47-44-41-38-32-29-26-23-20-17-14-11-8-5-2/h7,9-10,12,16-21,25-30,34-35,37-41,43,49,52,58,61,70H,4-6,8,11,13-15,22-24,31-33,36,42,44-48,50-51,53-57,59-60,62-69H2,1-3H3/b10-7-,12-9-,19-16-,20-17-,21-18-,28-25-,29-26-,30-27-,35-34-,40-37-,41-38-,43-39-,52-49-,61-58-. The molecule has 0 amide bonds. The quantitative estimate of drug-likeness (QED) is 0.0261. The molecule has 0 aromatic carbocycles. The van der Waals surface area contributed by atoms with Crippen LogP contribution in [0.3, 0.4) is 0 Å². The molecule has 0 heterocycles. The van der Waals surface area contributed by atoms with Crippen LogP contribution in [0, 0.1) is 0 Å². The van der Waals surface area contributed by atoms with Crippen LogP contribution in [-0.4, -0.2) is 37.2 Å². The van der Waals surface area contributed by atoms with Crippen molar-refractivity contribution in [2.75, 3.05) is 13.2 Å². The second-order valence-electron chi connectivity index (χ2n) is 20.2. The Hall–Kier alpha value is -5.23. The van der Waals surface area contributed by atoms with E-state index < -0.39 is 12.1 Å². The van der Waals surface area contributed by atoms with Crippen molar-refractivity contribution in [3.63, 3.8) is 0 Å². The molecule has 0 saturated carbocycles. The van der Waals surface area contributed by atoms with E-state index in [1.807, 2.05) is 12.2 Å². The van der Waals surface area contributed by atoms with Gasteiger partial charge in [0.05, 0.1) is 0 Å². The highest BCUT2D eigenvalue weighted by atomic mass is 16.6. The second-order valence-corrected chi connectivity index (χ2v) is 20.2. The molecule has 6 heteroatoms. The summed E-state index contributed by atoms with van der Waals surface area (Å²) in [4.78, 5) is 38.3. The Kier molecular flexibility index (Phi) is 61.0. The van der Waals surface area contributed by atoms with Crippen LogP contribution < -0.4 is 0 Å². The molecule has 0 aliphatic rings. The molecule has 0 bridgehead atoms. The molecule has 0 aliphatic heterocycles. The van der Waals surface area contributed by atoms with Crippen LogP contribution in [0.1, 0.15) is 252 Å². The van der Waals surface area contributed by atoms with Gasteiger partial charge in [0.25, 0.3) is 0 Å². The predicted octanol–water partition coefficient (Wildman–Crippen LogP) is 21.9. The van der Waals surface area contributed by atoms with Gasteiger partial charge in [-0.05, 0) is 141 Å². The van der Waals surface area contributed by atoms with Gasteiger partial charge in [-0.15, -0.1) is 0 Å². The van der Waals surface area contributed by atoms with Crippen molar-refractivity contribution in [3.8, 4) is 0 Å². The zero-order valence-corrected chi connectivity index (χ0v) is 50.6. The third-order valence-electron chi connectivity index (χ3n) is 12.7. The largest absolute Gasteiger partial charge is 0.462 e. The van der Waals surface area contributed by atoms with Crippen molar-refractivity contribution in [2.24, 2.45) is 0 Å². The third-order valence-corrected chi connectivity index (χ3v) is 12.7. The lowest BCUT2D eigenvalue weighted by Gasteiger charge is -2.18. The van der Waals surface area contributed by atoms with Crippen molar-refractivity contribution in [3.05, 3.63) is 170 Å². The van der Waals surface area contributed by atoms with Crippen LogP contribution in [0.5, 0.6) is 0 Å². The molecule has 0 radical (unpaired) electrons. The Balaban J connectivity index is 4.57. The highest BCUT2D eigenvalue weighted by molar-refractivity contribution is 5.71. The molecule has 1 unspecified atom stereocenters. The van der Waals surface area contributed by atoms with Crippen molar-refractivity contribution in [1.29, 1.82) is 0 Å². The van der Waals surface area contributed by atoms with Gasteiger partial charge in [-0.2, -0.15) is 0 Å². The topological polar surface area (TPSA) is 78.9 Å². The van der Waals surface area contributed by atoms with E-state index in [0.717, 1.165) is 148 Å². The monoisotopic (exact) mass is 1090 g/mol. The summed E-state index contributed by atoms with van der Waals surface area (Å²) in [5.74, 6) is -1.04. The molecular formula is C73H114O6. The van der Waals surface area contributed by atoms with Gasteiger partial charge in [-0.3, -0.25) is 14.4 Å². The first-order chi connectivity index (χ1) is 39.0. The van der Waals surface area contributed by atoms with E-state index in [2.05, 4.69) is 179 Å². The van der Waals surface area contributed by atoms with Crippen LogP contribution in [-0.2, 0) is 28.6 Å². The predicted molar refractivity (Wildman–Crippen MR) is 343 cm³/mol. The first-order valence-corrected chi connectivity index (χ1v) is 31.6. The second kappa shape index (κ2) is 65.3. The van der Waals surface area contributed by atoms with Gasteiger partial charge < -0.3 is 14.2 Å². The highest BCUT2D eigenvalue weighted by Gasteiger charge is 2.19. The molecule has 0 spiro atoms. The molecule has 0 aromatic rings. The average Bonchev–Trinajstić information content (AvgIpc) is 3.45. The molecule has 0 fully saturated rings.